The Morgan fingerprint density at radius 3 is 0.745 bits per heavy atom. The number of hydrogen-bond donors (Lipinski definition) is 3. The Kier molecular flexibility index (Phi) is 71.8. The lowest BCUT2D eigenvalue weighted by Crippen LogP contribution is -2.30. The van der Waals surface area contributed by atoms with E-state index in [1.807, 2.05) is 0 Å². The number of aliphatic hydroxyl groups is 1. The number of carbonyl (C=O) groups excluding carboxylic acids is 4. The second kappa shape index (κ2) is 73.2. The molecule has 0 aromatic rings. The van der Waals surface area contributed by atoms with Crippen molar-refractivity contribution in [1.82, 2.24) is 0 Å². The van der Waals surface area contributed by atoms with Gasteiger partial charge in [0.25, 0.3) is 0 Å². The van der Waals surface area contributed by atoms with Crippen molar-refractivity contribution in [3.05, 3.63) is 0 Å². The maximum Gasteiger partial charge on any atom is 0.472 e. The zero-order valence-corrected chi connectivity index (χ0v) is 68.9. The summed E-state index contributed by atoms with van der Waals surface area (Å²) in [6.07, 6.45) is 62.5. The van der Waals surface area contributed by atoms with Crippen molar-refractivity contribution in [3.8, 4) is 0 Å². The van der Waals surface area contributed by atoms with Gasteiger partial charge in [0, 0.05) is 25.7 Å². The zero-order chi connectivity index (χ0) is 75.1. The highest BCUT2D eigenvalue weighted by Crippen LogP contribution is 2.45. The van der Waals surface area contributed by atoms with E-state index < -0.39 is 97.5 Å². The predicted molar refractivity (Wildman–Crippen MR) is 418 cm³/mol. The molecule has 0 radical (unpaired) electrons. The number of phosphoric ester groups is 2. The fraction of sp³-hybridized carbons (Fsp3) is 0.952. The quantitative estimate of drug-likeness (QED) is 0.0222. The minimum atomic E-state index is -4.96. The lowest BCUT2D eigenvalue weighted by molar-refractivity contribution is -0.161. The van der Waals surface area contributed by atoms with E-state index in [1.54, 1.807) is 0 Å². The molecule has 0 bridgehead atoms. The minimum absolute atomic E-state index is 0.106. The van der Waals surface area contributed by atoms with Crippen molar-refractivity contribution < 1.29 is 80.2 Å². The SMILES string of the molecule is CCCCCCCCCCCCCCCCCCCCC(=O)OC[C@H](COP(=O)(O)OC[C@@H](O)COP(=O)(O)OC[C@@H](COC(=O)CCCCCCCCC(C)CC)OC(=O)CCCCCCCCCCCCCCC(C)C)OC(=O)CCCCCCCCCCCCCCCCCCC(C)C. The highest BCUT2D eigenvalue weighted by Gasteiger charge is 2.30. The molecule has 3 N–H and O–H groups in total. The molecule has 19 heteroatoms. The number of aliphatic hydroxyl groups excluding tert-OH is 1. The smallest absolute Gasteiger partial charge is 0.462 e. The van der Waals surface area contributed by atoms with Crippen LogP contribution in [0.3, 0.4) is 0 Å². The molecule has 606 valence electrons. The van der Waals surface area contributed by atoms with E-state index in [-0.39, 0.29) is 25.7 Å². The van der Waals surface area contributed by atoms with Crippen LogP contribution in [-0.2, 0) is 65.4 Å². The number of rotatable bonds is 81. The van der Waals surface area contributed by atoms with Crippen molar-refractivity contribution >= 4 is 39.5 Å². The van der Waals surface area contributed by atoms with Crippen LogP contribution >= 0.6 is 15.6 Å². The predicted octanol–water partition coefficient (Wildman–Crippen LogP) is 24.9. The summed E-state index contributed by atoms with van der Waals surface area (Å²) in [7, 11) is -9.92. The van der Waals surface area contributed by atoms with Gasteiger partial charge in [-0.25, -0.2) is 9.13 Å². The molecule has 0 aliphatic heterocycles. The zero-order valence-electron chi connectivity index (χ0n) is 67.1. The molecule has 0 aromatic heterocycles. The molecule has 0 heterocycles. The van der Waals surface area contributed by atoms with Gasteiger partial charge in [-0.3, -0.25) is 37.3 Å². The van der Waals surface area contributed by atoms with Gasteiger partial charge in [0.05, 0.1) is 26.4 Å². The third-order valence-corrected chi connectivity index (χ3v) is 21.6. The van der Waals surface area contributed by atoms with Gasteiger partial charge in [-0.15, -0.1) is 0 Å². The number of ether oxygens (including phenoxy) is 4. The fourth-order valence-corrected chi connectivity index (χ4v) is 14.4. The summed E-state index contributed by atoms with van der Waals surface area (Å²) in [5.74, 6) is 0.207. The van der Waals surface area contributed by atoms with Crippen LogP contribution in [0.4, 0.5) is 0 Å². The Morgan fingerprint density at radius 2 is 0.500 bits per heavy atom. The fourth-order valence-electron chi connectivity index (χ4n) is 12.8. The number of hydrogen-bond acceptors (Lipinski definition) is 15. The molecule has 3 unspecified atom stereocenters. The van der Waals surface area contributed by atoms with Crippen molar-refractivity contribution in [3.63, 3.8) is 0 Å². The summed E-state index contributed by atoms with van der Waals surface area (Å²) < 4.78 is 68.8. The Labute approximate surface area is 626 Å². The lowest BCUT2D eigenvalue weighted by atomic mass is 10.00. The third kappa shape index (κ3) is 74.9. The molecule has 0 amide bonds. The first-order chi connectivity index (χ1) is 49.3. The molecule has 0 spiro atoms. The first kappa shape index (κ1) is 100. The molecule has 102 heavy (non-hydrogen) atoms. The molecule has 0 aliphatic carbocycles. The van der Waals surface area contributed by atoms with Crippen LogP contribution in [0.2, 0.25) is 0 Å². The van der Waals surface area contributed by atoms with Gasteiger partial charge in [-0.2, -0.15) is 0 Å². The molecule has 0 fully saturated rings. The van der Waals surface area contributed by atoms with Gasteiger partial charge in [0.1, 0.15) is 19.3 Å². The van der Waals surface area contributed by atoms with Crippen LogP contribution in [0.25, 0.3) is 0 Å². The normalized spacial score (nSPS) is 14.2. The summed E-state index contributed by atoms with van der Waals surface area (Å²) in [6.45, 7) is 12.0. The van der Waals surface area contributed by atoms with Crippen molar-refractivity contribution in [1.29, 1.82) is 0 Å². The van der Waals surface area contributed by atoms with Crippen LogP contribution in [0.15, 0.2) is 0 Å². The first-order valence-corrected chi connectivity index (χ1v) is 45.9. The van der Waals surface area contributed by atoms with Gasteiger partial charge >= 0.3 is 39.5 Å². The van der Waals surface area contributed by atoms with E-state index in [2.05, 4.69) is 48.5 Å². The van der Waals surface area contributed by atoms with Crippen LogP contribution in [0, 0.1) is 17.8 Å². The molecule has 0 saturated heterocycles. The lowest BCUT2D eigenvalue weighted by Gasteiger charge is -2.21. The van der Waals surface area contributed by atoms with E-state index >= 15 is 0 Å². The molecule has 0 rings (SSSR count). The number of esters is 4. The van der Waals surface area contributed by atoms with Crippen LogP contribution < -0.4 is 0 Å². The van der Waals surface area contributed by atoms with E-state index in [9.17, 15) is 43.2 Å². The van der Waals surface area contributed by atoms with E-state index in [1.165, 1.54) is 238 Å². The molecule has 17 nitrogen and oxygen atoms in total. The average Bonchev–Trinajstić information content (AvgIpc) is 0.912. The first-order valence-electron chi connectivity index (χ1n) is 42.9. The highest BCUT2D eigenvalue weighted by atomic mass is 31.2. The highest BCUT2D eigenvalue weighted by molar-refractivity contribution is 7.47. The van der Waals surface area contributed by atoms with E-state index in [0.717, 1.165) is 114 Å². The second-order valence-electron chi connectivity index (χ2n) is 31.1. The molecule has 0 saturated carbocycles. The molecular formula is C83H162O17P2. The maximum absolute atomic E-state index is 13.1. The van der Waals surface area contributed by atoms with Gasteiger partial charge in [-0.1, -0.05) is 382 Å². The van der Waals surface area contributed by atoms with E-state index in [0.29, 0.717) is 25.7 Å². The Morgan fingerprint density at radius 1 is 0.284 bits per heavy atom. The van der Waals surface area contributed by atoms with Crippen LogP contribution in [0.1, 0.15) is 434 Å². The standard InChI is InChI=1S/C83H162O17P2/c1-8-10-11-12-13-14-15-16-17-18-19-23-26-32-37-42-50-57-64-80(85)93-70-78(99-82(87)66-59-52-43-38-33-27-24-21-20-22-25-30-35-40-47-54-61-74(3)4)72-97-101(89,90)95-68-77(84)69-96-102(91,92)98-73-79(71-94-81(86)65-58-51-46-45-49-56-63-76(7)9-2)100-83(88)67-60-53-44-39-34-29-28-31-36-41-48-55-62-75(5)6/h74-79,84H,8-73H2,1-7H3,(H,89,90)(H,91,92)/t76?,77-,78-,79-/m1/s1. The van der Waals surface area contributed by atoms with Crippen molar-refractivity contribution in [2.45, 2.75) is 452 Å². The minimum Gasteiger partial charge on any atom is -0.462 e. The van der Waals surface area contributed by atoms with Gasteiger partial charge in [0.2, 0.25) is 0 Å². The Balaban J connectivity index is 5.24. The summed E-state index contributed by atoms with van der Waals surface area (Å²) in [5, 5.41) is 10.7. The molecule has 0 aliphatic rings. The van der Waals surface area contributed by atoms with E-state index in [4.69, 9.17) is 37.0 Å². The van der Waals surface area contributed by atoms with Gasteiger partial charge < -0.3 is 33.8 Å². The third-order valence-electron chi connectivity index (χ3n) is 19.7. The van der Waals surface area contributed by atoms with Crippen LogP contribution in [-0.4, -0.2) is 96.7 Å². The number of unbranched alkanes of at least 4 members (excludes halogenated alkanes) is 48. The van der Waals surface area contributed by atoms with Crippen molar-refractivity contribution in [2.75, 3.05) is 39.6 Å². The Hall–Kier alpha value is -1.94. The molecule has 0 aromatic carbocycles. The summed E-state index contributed by atoms with van der Waals surface area (Å²) >= 11 is 0. The van der Waals surface area contributed by atoms with Gasteiger partial charge in [-0.05, 0) is 43.4 Å². The summed E-state index contributed by atoms with van der Waals surface area (Å²) in [4.78, 5) is 73.1. The van der Waals surface area contributed by atoms with Gasteiger partial charge in [0.15, 0.2) is 12.2 Å². The monoisotopic (exact) mass is 1490 g/mol. The second-order valence-corrected chi connectivity index (χ2v) is 34.0. The number of carbonyl (C=O) groups is 4. The molecule has 6 atom stereocenters. The largest absolute Gasteiger partial charge is 0.472 e. The summed E-state index contributed by atoms with van der Waals surface area (Å²) in [6, 6.07) is 0. The topological polar surface area (TPSA) is 237 Å². The molecular weight excluding hydrogens is 1330 g/mol. The summed E-state index contributed by atoms with van der Waals surface area (Å²) in [5.41, 5.74) is 0. The average molecular weight is 1490 g/mol. The number of phosphoric acid groups is 2. The van der Waals surface area contributed by atoms with Crippen molar-refractivity contribution in [2.24, 2.45) is 17.8 Å². The van der Waals surface area contributed by atoms with Crippen LogP contribution in [0.5, 0.6) is 0 Å². The maximum atomic E-state index is 13.1. The Bertz CT molecular complexity index is 1980.